The van der Waals surface area contributed by atoms with Gasteiger partial charge >= 0.3 is 6.18 Å². The van der Waals surface area contributed by atoms with Gasteiger partial charge in [0.2, 0.25) is 0 Å². The number of halogens is 4. The van der Waals surface area contributed by atoms with Crippen molar-refractivity contribution in [3.8, 4) is 0 Å². The van der Waals surface area contributed by atoms with Gasteiger partial charge in [0.25, 0.3) is 5.78 Å². The molecule has 2 aliphatic carbocycles. The molecule has 2 rings (SSSR count). The lowest BCUT2D eigenvalue weighted by atomic mass is 9.65. The topological polar surface area (TPSA) is 17.1 Å². The van der Waals surface area contributed by atoms with E-state index in [1.807, 2.05) is 0 Å². The number of hydrogen-bond acceptors (Lipinski definition) is 1. The predicted octanol–water partition coefficient (Wildman–Crippen LogP) is 3.73. The van der Waals surface area contributed by atoms with Crippen LogP contribution in [0, 0.1) is 5.41 Å². The van der Waals surface area contributed by atoms with Crippen molar-refractivity contribution < 1.29 is 18.0 Å². The Bertz CT molecular complexity index is 337. The fourth-order valence-corrected chi connectivity index (χ4v) is 3.78. The van der Waals surface area contributed by atoms with Crippen molar-refractivity contribution in [2.75, 3.05) is 0 Å². The van der Waals surface area contributed by atoms with Crippen LogP contribution in [0.3, 0.4) is 0 Å². The number of rotatable bonds is 1. The van der Waals surface area contributed by atoms with Crippen molar-refractivity contribution in [3.05, 3.63) is 10.1 Å². The Morgan fingerprint density at radius 1 is 1.27 bits per heavy atom. The van der Waals surface area contributed by atoms with Crippen molar-refractivity contribution in [1.82, 2.24) is 0 Å². The van der Waals surface area contributed by atoms with E-state index in [1.54, 1.807) is 0 Å². The summed E-state index contributed by atoms with van der Waals surface area (Å²) in [6.45, 7) is 0. The number of Topliss-reactive ketones (excluding diaryl/α,β-unsaturated/α-hetero) is 1. The Balaban J connectivity index is 2.29. The van der Waals surface area contributed by atoms with Gasteiger partial charge in [-0.3, -0.25) is 4.79 Å². The minimum atomic E-state index is -4.73. The first-order valence-corrected chi connectivity index (χ1v) is 5.67. The predicted molar refractivity (Wildman–Crippen MR) is 52.5 cm³/mol. The summed E-state index contributed by atoms with van der Waals surface area (Å²) in [6.07, 6.45) is -0.836. The van der Waals surface area contributed by atoms with Gasteiger partial charge in [-0.15, -0.1) is 0 Å². The molecule has 0 unspecified atom stereocenters. The van der Waals surface area contributed by atoms with E-state index >= 15 is 0 Å². The van der Waals surface area contributed by atoms with Crippen molar-refractivity contribution in [2.45, 2.75) is 38.3 Å². The second-order valence-electron chi connectivity index (χ2n) is 4.27. The molecule has 0 aromatic carbocycles. The molecule has 0 atom stereocenters. The van der Waals surface area contributed by atoms with Crippen LogP contribution in [-0.4, -0.2) is 12.0 Å². The van der Waals surface area contributed by atoms with Crippen LogP contribution in [0.5, 0.6) is 0 Å². The highest BCUT2D eigenvalue weighted by Crippen LogP contribution is 2.59. The average Bonchev–Trinajstić information content (AvgIpc) is 2.52. The zero-order valence-corrected chi connectivity index (χ0v) is 9.54. The van der Waals surface area contributed by atoms with Gasteiger partial charge in [0.05, 0.1) is 0 Å². The Morgan fingerprint density at radius 2 is 1.80 bits per heavy atom. The lowest BCUT2D eigenvalue weighted by Crippen LogP contribution is -2.39. The van der Waals surface area contributed by atoms with E-state index in [4.69, 9.17) is 0 Å². The van der Waals surface area contributed by atoms with E-state index in [0.29, 0.717) is 10.9 Å². The van der Waals surface area contributed by atoms with Gasteiger partial charge in [-0.2, -0.15) is 13.2 Å². The Morgan fingerprint density at radius 3 is 2.20 bits per heavy atom. The largest absolute Gasteiger partial charge is 0.454 e. The SMILES string of the molecule is O=C(C1=C(Br)CC12CCCC2)C(F)(F)F. The second-order valence-corrected chi connectivity index (χ2v) is 5.23. The number of carbonyl (C=O) groups excluding carboxylic acids is 1. The van der Waals surface area contributed by atoms with Crippen LogP contribution in [0.2, 0.25) is 0 Å². The molecule has 0 bridgehead atoms. The summed E-state index contributed by atoms with van der Waals surface area (Å²) in [7, 11) is 0. The molecule has 1 nitrogen and oxygen atoms in total. The summed E-state index contributed by atoms with van der Waals surface area (Å²) in [5.41, 5.74) is -0.460. The van der Waals surface area contributed by atoms with E-state index in [0.717, 1.165) is 25.7 Å². The van der Waals surface area contributed by atoms with Gasteiger partial charge in [0.15, 0.2) is 0 Å². The Kier molecular flexibility index (Phi) is 2.48. The maximum atomic E-state index is 12.3. The second kappa shape index (κ2) is 3.34. The summed E-state index contributed by atoms with van der Waals surface area (Å²) >= 11 is 3.06. The van der Waals surface area contributed by atoms with Gasteiger partial charge in [0.1, 0.15) is 0 Å². The third-order valence-corrected chi connectivity index (χ3v) is 4.02. The maximum Gasteiger partial charge on any atom is 0.454 e. The average molecular weight is 283 g/mol. The molecule has 0 saturated heterocycles. The van der Waals surface area contributed by atoms with Crippen molar-refractivity contribution in [3.63, 3.8) is 0 Å². The maximum absolute atomic E-state index is 12.3. The smallest absolute Gasteiger partial charge is 0.284 e. The summed E-state index contributed by atoms with van der Waals surface area (Å²) < 4.78 is 37.4. The zero-order valence-electron chi connectivity index (χ0n) is 7.96. The van der Waals surface area contributed by atoms with E-state index in [2.05, 4.69) is 15.9 Å². The molecular formula is C10H10BrF3O. The molecule has 84 valence electrons. The van der Waals surface area contributed by atoms with Crippen molar-refractivity contribution in [1.29, 1.82) is 0 Å². The normalized spacial score (nSPS) is 24.5. The first-order chi connectivity index (χ1) is 6.87. The first kappa shape index (κ1) is 11.2. The number of allylic oxidation sites excluding steroid dienone is 2. The van der Waals surface area contributed by atoms with Crippen LogP contribution in [0.4, 0.5) is 13.2 Å². The van der Waals surface area contributed by atoms with E-state index in [1.165, 1.54) is 0 Å². The van der Waals surface area contributed by atoms with Crippen LogP contribution >= 0.6 is 15.9 Å². The molecule has 0 aromatic heterocycles. The van der Waals surface area contributed by atoms with Crippen LogP contribution < -0.4 is 0 Å². The molecule has 0 N–H and O–H groups in total. The van der Waals surface area contributed by atoms with Crippen molar-refractivity contribution in [2.24, 2.45) is 5.41 Å². The Hall–Kier alpha value is -0.320. The van der Waals surface area contributed by atoms with Gasteiger partial charge in [0, 0.05) is 15.5 Å². The van der Waals surface area contributed by atoms with Gasteiger partial charge in [-0.1, -0.05) is 28.8 Å². The number of ketones is 1. The molecule has 1 saturated carbocycles. The molecule has 5 heteroatoms. The molecule has 0 heterocycles. The lowest BCUT2D eigenvalue weighted by molar-refractivity contribution is -0.168. The molecule has 1 spiro atoms. The highest BCUT2D eigenvalue weighted by atomic mass is 79.9. The molecule has 2 aliphatic rings. The molecule has 1 fully saturated rings. The van der Waals surface area contributed by atoms with Gasteiger partial charge in [-0.05, 0) is 19.3 Å². The quantitative estimate of drug-likeness (QED) is 0.716. The molecule has 0 aromatic rings. The van der Waals surface area contributed by atoms with Crippen LogP contribution in [0.1, 0.15) is 32.1 Å². The highest BCUT2D eigenvalue weighted by molar-refractivity contribution is 9.11. The molecule has 0 radical (unpaired) electrons. The van der Waals surface area contributed by atoms with Crippen molar-refractivity contribution >= 4 is 21.7 Å². The first-order valence-electron chi connectivity index (χ1n) is 4.87. The van der Waals surface area contributed by atoms with Crippen LogP contribution in [0.25, 0.3) is 0 Å². The molecule has 0 amide bonds. The fourth-order valence-electron chi connectivity index (χ4n) is 2.64. The molecule has 0 aliphatic heterocycles. The third kappa shape index (κ3) is 1.65. The van der Waals surface area contributed by atoms with Gasteiger partial charge < -0.3 is 0 Å². The lowest BCUT2D eigenvalue weighted by Gasteiger charge is -2.40. The zero-order chi connectivity index (χ0) is 11.3. The summed E-state index contributed by atoms with van der Waals surface area (Å²) in [6, 6.07) is 0. The van der Waals surface area contributed by atoms with Crippen LogP contribution in [-0.2, 0) is 4.79 Å². The molecular weight excluding hydrogens is 273 g/mol. The van der Waals surface area contributed by atoms with E-state index < -0.39 is 17.4 Å². The Labute approximate surface area is 93.8 Å². The third-order valence-electron chi connectivity index (χ3n) is 3.34. The minimum Gasteiger partial charge on any atom is -0.284 e. The van der Waals surface area contributed by atoms with Crippen LogP contribution in [0.15, 0.2) is 10.1 Å². The summed E-state index contributed by atoms with van der Waals surface area (Å²) in [4.78, 5) is 11.2. The van der Waals surface area contributed by atoms with E-state index in [9.17, 15) is 18.0 Å². The minimum absolute atomic E-state index is 0.00694. The fraction of sp³-hybridized carbons (Fsp3) is 0.700. The number of carbonyl (C=O) groups is 1. The summed E-state index contributed by atoms with van der Waals surface area (Å²) in [5, 5.41) is 0. The number of alkyl halides is 3. The molecule has 15 heavy (non-hydrogen) atoms. The highest BCUT2D eigenvalue weighted by Gasteiger charge is 2.55. The van der Waals surface area contributed by atoms with E-state index in [-0.39, 0.29) is 5.57 Å². The van der Waals surface area contributed by atoms with Gasteiger partial charge in [-0.25, -0.2) is 0 Å². The number of hydrogen-bond donors (Lipinski definition) is 0. The standard InChI is InChI=1S/C10H10BrF3O/c11-6-5-9(3-1-2-4-9)7(6)8(15)10(12,13)14/h1-5H2. The summed E-state index contributed by atoms with van der Waals surface area (Å²) in [5.74, 6) is -1.65. The monoisotopic (exact) mass is 282 g/mol.